The Kier molecular flexibility index (Phi) is 6.05. The van der Waals surface area contributed by atoms with Crippen molar-refractivity contribution < 1.29 is 29.0 Å². The van der Waals surface area contributed by atoms with Crippen molar-refractivity contribution in [2.75, 3.05) is 0 Å². The second kappa shape index (κ2) is 6.48. The summed E-state index contributed by atoms with van der Waals surface area (Å²) in [6.07, 6.45) is 0. The Morgan fingerprint density at radius 3 is 2.47 bits per heavy atom. The van der Waals surface area contributed by atoms with E-state index < -0.39 is 13.3 Å². The maximum atomic E-state index is 11.6. The number of hydrogen-bond donors (Lipinski definition) is 2. The van der Waals surface area contributed by atoms with Gasteiger partial charge in [-0.3, -0.25) is 0 Å². The first-order valence-corrected chi connectivity index (χ1v) is 3.60. The molecular formula is C7H7BFLiO5. The molecular weight excluding hydrogens is 201 g/mol. The van der Waals surface area contributed by atoms with Crippen LogP contribution in [-0.4, -0.2) is 42.2 Å². The summed E-state index contributed by atoms with van der Waals surface area (Å²) in [7, 11) is -2.08. The summed E-state index contributed by atoms with van der Waals surface area (Å²) >= 11 is 0. The van der Waals surface area contributed by atoms with Gasteiger partial charge in [-0.05, 0) is 12.1 Å². The molecule has 0 amide bonds. The fourth-order valence-corrected chi connectivity index (χ4v) is 0.893. The fourth-order valence-electron chi connectivity index (χ4n) is 0.893. The van der Waals surface area contributed by atoms with E-state index in [9.17, 15) is 9.32 Å². The van der Waals surface area contributed by atoms with Crippen LogP contribution in [0.5, 0.6) is 5.75 Å². The molecule has 0 aromatic heterocycles. The van der Waals surface area contributed by atoms with Gasteiger partial charge in [-0.15, -0.1) is 0 Å². The summed E-state index contributed by atoms with van der Waals surface area (Å²) < 4.78 is 16.0. The van der Waals surface area contributed by atoms with Crippen molar-refractivity contribution in [3.8, 4) is 5.75 Å². The first-order valence-electron chi connectivity index (χ1n) is 3.60. The van der Waals surface area contributed by atoms with Gasteiger partial charge in [0.15, 0.2) is 0 Å². The van der Waals surface area contributed by atoms with E-state index in [0.29, 0.717) is 0 Å². The van der Waals surface area contributed by atoms with Gasteiger partial charge >= 0.3 is 32.2 Å². The summed E-state index contributed by atoms with van der Waals surface area (Å²) in [6, 6.07) is 5.42. The van der Waals surface area contributed by atoms with Crippen LogP contribution in [0.3, 0.4) is 0 Å². The normalized spacial score (nSPS) is 8.73. The van der Waals surface area contributed by atoms with Gasteiger partial charge in [0, 0.05) is 4.53 Å². The van der Waals surface area contributed by atoms with Gasteiger partial charge < -0.3 is 14.7 Å². The Morgan fingerprint density at radius 1 is 1.33 bits per heavy atom. The van der Waals surface area contributed by atoms with E-state index in [2.05, 4.69) is 9.60 Å². The molecule has 2 N–H and O–H groups in total. The molecule has 0 fully saturated rings. The van der Waals surface area contributed by atoms with Gasteiger partial charge in [0.1, 0.15) is 11.3 Å². The van der Waals surface area contributed by atoms with Crippen LogP contribution in [0.4, 0.5) is 4.53 Å². The molecule has 15 heavy (non-hydrogen) atoms. The molecule has 0 radical (unpaired) electrons. The minimum absolute atomic E-state index is 0. The van der Waals surface area contributed by atoms with Crippen molar-refractivity contribution in [1.82, 2.24) is 0 Å². The molecule has 0 aliphatic rings. The zero-order valence-corrected chi connectivity index (χ0v) is 6.88. The fraction of sp³-hybridized carbons (Fsp3) is 0. The molecule has 0 aliphatic carbocycles. The number of carbonyl (C=O) groups excluding carboxylic acids is 1. The van der Waals surface area contributed by atoms with Gasteiger partial charge in [-0.2, -0.15) is 0 Å². The number of rotatable bonds is 3. The Balaban J connectivity index is 0.00000196. The summed E-state index contributed by atoms with van der Waals surface area (Å²) in [4.78, 5) is 13.8. The molecule has 0 saturated carbocycles. The Labute approximate surface area is 97.1 Å². The quantitative estimate of drug-likeness (QED) is 0.650. The van der Waals surface area contributed by atoms with Crippen LogP contribution in [-0.2, 0) is 4.94 Å². The molecule has 1 aromatic carbocycles. The summed E-state index contributed by atoms with van der Waals surface area (Å²) in [6.45, 7) is 0. The van der Waals surface area contributed by atoms with Crippen LogP contribution in [0.15, 0.2) is 24.3 Å². The third kappa shape index (κ3) is 3.93. The SMILES string of the molecule is O=C(OF)c1ccccc1OB(O)O.[LiH]. The predicted octanol–water partition coefficient (Wildman–Crippen LogP) is -0.572. The first kappa shape index (κ1) is 14.0. The van der Waals surface area contributed by atoms with E-state index in [0.717, 1.165) is 0 Å². The van der Waals surface area contributed by atoms with Gasteiger partial charge in [0.2, 0.25) is 0 Å². The van der Waals surface area contributed by atoms with Crippen molar-refractivity contribution in [3.05, 3.63) is 29.8 Å². The van der Waals surface area contributed by atoms with Gasteiger partial charge in [0.05, 0.1) is 0 Å². The van der Waals surface area contributed by atoms with Gasteiger partial charge in [-0.1, -0.05) is 12.1 Å². The topological polar surface area (TPSA) is 76.0 Å². The molecule has 0 spiro atoms. The number of hydrogen-bond acceptors (Lipinski definition) is 5. The van der Waals surface area contributed by atoms with Crippen molar-refractivity contribution >= 4 is 32.2 Å². The molecule has 0 bridgehead atoms. The number of carbonyl (C=O) groups is 1. The van der Waals surface area contributed by atoms with Crippen molar-refractivity contribution in [2.24, 2.45) is 0 Å². The maximum absolute atomic E-state index is 11.6. The average Bonchev–Trinajstić information content (AvgIpc) is 2.16. The summed E-state index contributed by atoms with van der Waals surface area (Å²) in [5.74, 6) is -1.44. The van der Waals surface area contributed by atoms with Gasteiger partial charge in [0.25, 0.3) is 0 Å². The van der Waals surface area contributed by atoms with E-state index in [-0.39, 0.29) is 30.2 Å². The van der Waals surface area contributed by atoms with Crippen LogP contribution in [0.1, 0.15) is 10.4 Å². The molecule has 8 heteroatoms. The second-order valence-corrected chi connectivity index (χ2v) is 2.30. The van der Waals surface area contributed by atoms with E-state index in [1.54, 1.807) is 0 Å². The monoisotopic (exact) mass is 208 g/mol. The molecule has 0 heterocycles. The molecule has 0 atom stereocenters. The first-order chi connectivity index (χ1) is 6.65. The summed E-state index contributed by atoms with van der Waals surface area (Å²) in [5, 5.41) is 16.9. The van der Waals surface area contributed by atoms with Crippen LogP contribution in [0, 0.1) is 0 Å². The van der Waals surface area contributed by atoms with Crippen LogP contribution < -0.4 is 4.65 Å². The summed E-state index contributed by atoms with van der Waals surface area (Å²) in [5.41, 5.74) is -0.233. The zero-order chi connectivity index (χ0) is 10.6. The zero-order valence-electron chi connectivity index (χ0n) is 6.88. The number of benzene rings is 1. The average molecular weight is 208 g/mol. The minimum atomic E-state index is -2.08. The van der Waals surface area contributed by atoms with Crippen LogP contribution >= 0.6 is 0 Å². The Bertz CT molecular complexity index is 335. The van der Waals surface area contributed by atoms with Gasteiger partial charge in [-0.25, -0.2) is 9.74 Å². The van der Waals surface area contributed by atoms with E-state index in [4.69, 9.17) is 10.0 Å². The molecule has 0 unspecified atom stereocenters. The van der Waals surface area contributed by atoms with Crippen LogP contribution in [0.25, 0.3) is 0 Å². The second-order valence-electron chi connectivity index (χ2n) is 2.30. The third-order valence-corrected chi connectivity index (χ3v) is 1.41. The predicted molar refractivity (Wildman–Crippen MR) is 50.9 cm³/mol. The van der Waals surface area contributed by atoms with Crippen molar-refractivity contribution in [2.45, 2.75) is 0 Å². The molecule has 76 valence electrons. The molecule has 0 saturated heterocycles. The molecule has 5 nitrogen and oxygen atoms in total. The third-order valence-electron chi connectivity index (χ3n) is 1.41. The number of para-hydroxylation sites is 1. The molecule has 1 rings (SSSR count). The van der Waals surface area contributed by atoms with Crippen molar-refractivity contribution in [3.63, 3.8) is 0 Å². The molecule has 0 aliphatic heterocycles. The van der Waals surface area contributed by atoms with E-state index in [1.807, 2.05) is 0 Å². The van der Waals surface area contributed by atoms with E-state index in [1.165, 1.54) is 24.3 Å². The molecule has 1 aromatic rings. The van der Waals surface area contributed by atoms with Crippen molar-refractivity contribution in [1.29, 1.82) is 0 Å². The number of halogens is 1. The standard InChI is InChI=1S/C7H6BFO5.Li.H/c9-14-7(10)5-3-1-2-4-6(5)13-8(11)12;;/h1-4,11-12H;;. The van der Waals surface area contributed by atoms with Crippen LogP contribution in [0.2, 0.25) is 0 Å². The van der Waals surface area contributed by atoms with E-state index >= 15 is 0 Å². The Morgan fingerprint density at radius 2 is 1.93 bits per heavy atom. The Hall–Kier alpha value is -0.998.